The van der Waals surface area contributed by atoms with Gasteiger partial charge in [-0.3, -0.25) is 0 Å². The summed E-state index contributed by atoms with van der Waals surface area (Å²) in [6, 6.07) is 4.27. The molecule has 116 valence electrons. The van der Waals surface area contributed by atoms with Gasteiger partial charge in [0.15, 0.2) is 11.5 Å². The molecule has 21 heavy (non-hydrogen) atoms. The van der Waals surface area contributed by atoms with Crippen molar-refractivity contribution in [1.82, 2.24) is 9.55 Å². The fourth-order valence-electron chi connectivity index (χ4n) is 2.54. The summed E-state index contributed by atoms with van der Waals surface area (Å²) in [5.41, 5.74) is 1.94. The lowest BCUT2D eigenvalue weighted by atomic mass is 10.2. The number of hydrogen-bond acceptors (Lipinski definition) is 4. The van der Waals surface area contributed by atoms with Crippen molar-refractivity contribution in [2.45, 2.75) is 25.3 Å². The molecule has 0 radical (unpaired) electrons. The Morgan fingerprint density at radius 2 is 1.95 bits per heavy atom. The predicted molar refractivity (Wildman–Crippen MR) is 90.1 cm³/mol. The van der Waals surface area contributed by atoms with Crippen molar-refractivity contribution in [3.8, 4) is 11.5 Å². The van der Waals surface area contributed by atoms with Crippen LogP contribution in [0, 0.1) is 0 Å². The first-order valence-corrected chi connectivity index (χ1v) is 8.80. The van der Waals surface area contributed by atoms with E-state index in [1.165, 1.54) is 0 Å². The van der Waals surface area contributed by atoms with Gasteiger partial charge in [0, 0.05) is 23.9 Å². The molecule has 4 nitrogen and oxygen atoms in total. The number of aromatic nitrogens is 2. The first-order valence-electron chi connectivity index (χ1n) is 6.87. The van der Waals surface area contributed by atoms with Crippen LogP contribution >= 0.6 is 23.4 Å². The Kier molecular flexibility index (Phi) is 5.65. The van der Waals surface area contributed by atoms with E-state index in [0.717, 1.165) is 29.0 Å². The van der Waals surface area contributed by atoms with Crippen LogP contribution in [-0.4, -0.2) is 35.8 Å². The van der Waals surface area contributed by atoms with Gasteiger partial charge in [-0.25, -0.2) is 4.98 Å². The number of methoxy groups -OCH3 is 2. The van der Waals surface area contributed by atoms with Gasteiger partial charge in [-0.05, 0) is 12.7 Å². The van der Waals surface area contributed by atoms with Gasteiger partial charge in [-0.1, -0.05) is 6.92 Å². The van der Waals surface area contributed by atoms with E-state index in [-0.39, 0.29) is 0 Å². The summed E-state index contributed by atoms with van der Waals surface area (Å²) in [7, 11) is 3.28. The minimum Gasteiger partial charge on any atom is -0.493 e. The number of fused-ring (bicyclic) bond motifs is 1. The SMILES string of the molecule is CCC(CSC)n1c(CCl)nc2cc(OC)c(OC)cc21. The molecule has 0 aliphatic carbocycles. The van der Waals surface area contributed by atoms with Crippen LogP contribution in [0.1, 0.15) is 25.2 Å². The van der Waals surface area contributed by atoms with Crippen molar-refractivity contribution in [1.29, 1.82) is 0 Å². The maximum absolute atomic E-state index is 6.10. The molecular formula is C15H21ClN2O2S. The van der Waals surface area contributed by atoms with E-state index in [1.807, 2.05) is 23.9 Å². The van der Waals surface area contributed by atoms with Crippen molar-refractivity contribution in [2.75, 3.05) is 26.2 Å². The Balaban J connectivity index is 2.66. The van der Waals surface area contributed by atoms with Gasteiger partial charge in [-0.15, -0.1) is 11.6 Å². The second-order valence-electron chi connectivity index (χ2n) is 4.74. The minimum absolute atomic E-state index is 0.372. The molecule has 2 aromatic rings. The van der Waals surface area contributed by atoms with E-state index in [4.69, 9.17) is 21.1 Å². The molecule has 1 unspecified atom stereocenters. The molecule has 1 aromatic carbocycles. The monoisotopic (exact) mass is 328 g/mol. The number of thioether (sulfide) groups is 1. The summed E-state index contributed by atoms with van der Waals surface area (Å²) in [5, 5.41) is 0. The number of rotatable bonds is 7. The maximum Gasteiger partial charge on any atom is 0.163 e. The summed E-state index contributed by atoms with van der Waals surface area (Å²) in [5.74, 6) is 3.72. The van der Waals surface area contributed by atoms with Crippen LogP contribution in [0.5, 0.6) is 11.5 Å². The molecule has 0 aliphatic rings. The first-order chi connectivity index (χ1) is 10.2. The topological polar surface area (TPSA) is 36.3 Å². The summed E-state index contributed by atoms with van der Waals surface area (Å²) in [4.78, 5) is 4.65. The normalized spacial score (nSPS) is 12.6. The third-order valence-electron chi connectivity index (χ3n) is 3.58. The average Bonchev–Trinajstić information content (AvgIpc) is 2.88. The highest BCUT2D eigenvalue weighted by Crippen LogP contribution is 2.35. The lowest BCUT2D eigenvalue weighted by Gasteiger charge is -2.19. The van der Waals surface area contributed by atoms with Gasteiger partial charge >= 0.3 is 0 Å². The fourth-order valence-corrected chi connectivity index (χ4v) is 3.50. The highest BCUT2D eigenvalue weighted by atomic mass is 35.5. The Hall–Kier alpha value is -1.07. The molecule has 2 rings (SSSR count). The third-order valence-corrected chi connectivity index (χ3v) is 4.54. The van der Waals surface area contributed by atoms with Gasteiger partial charge < -0.3 is 14.0 Å². The van der Waals surface area contributed by atoms with Crippen LogP contribution in [0.2, 0.25) is 0 Å². The number of halogens is 1. The van der Waals surface area contributed by atoms with Crippen LogP contribution in [0.25, 0.3) is 11.0 Å². The maximum atomic E-state index is 6.10. The number of hydrogen-bond donors (Lipinski definition) is 0. The minimum atomic E-state index is 0.372. The van der Waals surface area contributed by atoms with Crippen molar-refractivity contribution >= 4 is 34.4 Å². The zero-order valence-corrected chi connectivity index (χ0v) is 14.4. The highest BCUT2D eigenvalue weighted by molar-refractivity contribution is 7.98. The molecule has 0 amide bonds. The Morgan fingerprint density at radius 1 is 1.29 bits per heavy atom. The van der Waals surface area contributed by atoms with Crippen molar-refractivity contribution < 1.29 is 9.47 Å². The van der Waals surface area contributed by atoms with E-state index >= 15 is 0 Å². The van der Waals surface area contributed by atoms with E-state index in [9.17, 15) is 0 Å². The molecule has 1 heterocycles. The number of ether oxygens (including phenoxy) is 2. The fraction of sp³-hybridized carbons (Fsp3) is 0.533. The predicted octanol–water partition coefficient (Wildman–Crippen LogP) is 4.11. The molecule has 1 aromatic heterocycles. The van der Waals surface area contributed by atoms with Gasteiger partial charge in [0.05, 0.1) is 31.1 Å². The molecule has 0 saturated heterocycles. The number of alkyl halides is 1. The first kappa shape index (κ1) is 16.3. The second kappa shape index (κ2) is 7.27. The molecule has 0 N–H and O–H groups in total. The largest absolute Gasteiger partial charge is 0.493 e. The van der Waals surface area contributed by atoms with Gasteiger partial charge in [0.25, 0.3) is 0 Å². The van der Waals surface area contributed by atoms with Crippen LogP contribution in [0.4, 0.5) is 0 Å². The Morgan fingerprint density at radius 3 is 2.48 bits per heavy atom. The summed E-state index contributed by atoms with van der Waals surface area (Å²) >= 11 is 7.93. The Labute approximate surface area is 134 Å². The highest BCUT2D eigenvalue weighted by Gasteiger charge is 2.19. The smallest absolute Gasteiger partial charge is 0.163 e. The summed E-state index contributed by atoms with van der Waals surface area (Å²) in [6.07, 6.45) is 3.15. The van der Waals surface area contributed by atoms with Crippen molar-refractivity contribution in [3.05, 3.63) is 18.0 Å². The average molecular weight is 329 g/mol. The summed E-state index contributed by atoms with van der Waals surface area (Å²) < 4.78 is 13.0. The molecular weight excluding hydrogens is 308 g/mol. The van der Waals surface area contributed by atoms with Crippen molar-refractivity contribution in [2.24, 2.45) is 0 Å². The zero-order valence-electron chi connectivity index (χ0n) is 12.9. The number of benzene rings is 1. The quantitative estimate of drug-likeness (QED) is 0.717. The molecule has 0 bridgehead atoms. The number of nitrogens with zero attached hydrogens (tertiary/aromatic N) is 2. The molecule has 1 atom stereocenters. The second-order valence-corrected chi connectivity index (χ2v) is 5.92. The lowest BCUT2D eigenvalue weighted by Crippen LogP contribution is -2.13. The van der Waals surface area contributed by atoms with Crippen molar-refractivity contribution in [3.63, 3.8) is 0 Å². The standard InChI is InChI=1S/C15H21ClN2O2S/c1-5-10(9-21-4)18-12-7-14(20-3)13(19-2)6-11(12)17-15(18)8-16/h6-7,10H,5,8-9H2,1-4H3. The van der Waals surface area contributed by atoms with Gasteiger partial charge in [0.1, 0.15) is 5.82 Å². The van der Waals surface area contributed by atoms with E-state index in [0.29, 0.717) is 23.4 Å². The third kappa shape index (κ3) is 3.09. The molecule has 0 spiro atoms. The van der Waals surface area contributed by atoms with E-state index < -0.39 is 0 Å². The van der Waals surface area contributed by atoms with Crippen LogP contribution in [-0.2, 0) is 5.88 Å². The van der Waals surface area contributed by atoms with Crippen LogP contribution in [0.15, 0.2) is 12.1 Å². The van der Waals surface area contributed by atoms with Gasteiger partial charge in [0.2, 0.25) is 0 Å². The lowest BCUT2D eigenvalue weighted by molar-refractivity contribution is 0.355. The molecule has 6 heteroatoms. The number of imidazole rings is 1. The van der Waals surface area contributed by atoms with E-state index in [1.54, 1.807) is 14.2 Å². The summed E-state index contributed by atoms with van der Waals surface area (Å²) in [6.45, 7) is 2.19. The molecule has 0 saturated carbocycles. The Bertz CT molecular complexity index is 615. The van der Waals surface area contributed by atoms with Crippen LogP contribution < -0.4 is 9.47 Å². The van der Waals surface area contributed by atoms with Crippen LogP contribution in [0.3, 0.4) is 0 Å². The van der Waals surface area contributed by atoms with Gasteiger partial charge in [-0.2, -0.15) is 11.8 Å². The van der Waals surface area contributed by atoms with E-state index in [2.05, 4.69) is 22.7 Å². The molecule has 0 aliphatic heterocycles. The molecule has 0 fully saturated rings. The zero-order chi connectivity index (χ0) is 15.4.